The van der Waals surface area contributed by atoms with Gasteiger partial charge in [0.25, 0.3) is 0 Å². The Kier molecular flexibility index (Phi) is 3.51. The summed E-state index contributed by atoms with van der Waals surface area (Å²) in [5.41, 5.74) is 0.718. The predicted molar refractivity (Wildman–Crippen MR) is 73.7 cm³/mol. The molecule has 0 unspecified atom stereocenters. The first kappa shape index (κ1) is 13.5. The molecular weight excluding hydrogens is 275 g/mol. The summed E-state index contributed by atoms with van der Waals surface area (Å²) in [4.78, 5) is 13.8. The van der Waals surface area contributed by atoms with Gasteiger partial charge in [-0.2, -0.15) is 4.68 Å². The summed E-state index contributed by atoms with van der Waals surface area (Å²) in [6, 6.07) is 4.16. The minimum Gasteiger partial charge on any atom is -0.325 e. The number of likely N-dealkylation sites (tertiary alicyclic amines) is 1. The molecule has 1 N–H and O–H groups in total. The van der Waals surface area contributed by atoms with E-state index in [1.54, 1.807) is 11.8 Å². The predicted octanol–water partition coefficient (Wildman–Crippen LogP) is 1.74. The molecule has 3 rings (SSSR count). The first-order chi connectivity index (χ1) is 10.1. The number of carbonyl (C=O) groups is 1. The van der Waals surface area contributed by atoms with Crippen LogP contribution < -0.4 is 5.32 Å². The van der Waals surface area contributed by atoms with Crippen LogP contribution in [0.2, 0.25) is 0 Å². The number of nitrogens with one attached hydrogen (secondary N) is 1. The second-order valence-electron chi connectivity index (χ2n) is 4.93. The van der Waals surface area contributed by atoms with Crippen LogP contribution in [0, 0.1) is 12.7 Å². The molecule has 21 heavy (non-hydrogen) atoms. The van der Waals surface area contributed by atoms with Crippen molar-refractivity contribution in [1.82, 2.24) is 25.1 Å². The number of halogens is 1. The van der Waals surface area contributed by atoms with E-state index in [2.05, 4.69) is 20.8 Å². The highest BCUT2D eigenvalue weighted by molar-refractivity contribution is 5.89. The number of rotatable bonds is 2. The molecule has 0 atom stereocenters. The molecule has 0 saturated carbocycles. The molecule has 8 heteroatoms. The summed E-state index contributed by atoms with van der Waals surface area (Å²) in [5.74, 6) is 0.0153. The van der Waals surface area contributed by atoms with Gasteiger partial charge in [-0.05, 0) is 48.4 Å². The highest BCUT2D eigenvalue weighted by atomic mass is 19.1. The quantitative estimate of drug-likeness (QED) is 0.914. The minimum atomic E-state index is -0.454. The fourth-order valence-corrected chi connectivity index (χ4v) is 2.33. The molecule has 1 aromatic carbocycles. The monoisotopic (exact) mass is 290 g/mol. The number of carbonyl (C=O) groups excluding carboxylic acids is 1. The lowest BCUT2D eigenvalue weighted by atomic mass is 10.2. The molecule has 0 aliphatic carbocycles. The number of hydrogen-bond donors (Lipinski definition) is 1. The van der Waals surface area contributed by atoms with E-state index >= 15 is 0 Å². The van der Waals surface area contributed by atoms with E-state index in [-0.39, 0.29) is 11.7 Å². The van der Waals surface area contributed by atoms with Crippen LogP contribution in [-0.4, -0.2) is 44.2 Å². The minimum absolute atomic E-state index is 0.168. The second kappa shape index (κ2) is 5.47. The highest BCUT2D eigenvalue weighted by Gasteiger charge is 2.18. The molecule has 7 nitrogen and oxygen atoms in total. The Bertz CT molecular complexity index is 664. The maximum absolute atomic E-state index is 13.9. The molecule has 110 valence electrons. The number of anilines is 1. The SMILES string of the molecule is Cc1nnnn1-c1cc(NC(=O)N2CCCC2)ccc1F. The Morgan fingerprint density at radius 3 is 2.76 bits per heavy atom. The number of tetrazole rings is 1. The molecule has 1 aromatic heterocycles. The maximum Gasteiger partial charge on any atom is 0.321 e. The lowest BCUT2D eigenvalue weighted by molar-refractivity contribution is 0.222. The molecule has 1 aliphatic rings. The van der Waals surface area contributed by atoms with E-state index in [0.717, 1.165) is 25.9 Å². The van der Waals surface area contributed by atoms with Gasteiger partial charge in [-0.3, -0.25) is 0 Å². The van der Waals surface area contributed by atoms with Crippen molar-refractivity contribution < 1.29 is 9.18 Å². The van der Waals surface area contributed by atoms with Crippen LogP contribution in [-0.2, 0) is 0 Å². The topological polar surface area (TPSA) is 75.9 Å². The van der Waals surface area contributed by atoms with Gasteiger partial charge in [0.1, 0.15) is 11.5 Å². The van der Waals surface area contributed by atoms with Crippen LogP contribution in [0.3, 0.4) is 0 Å². The maximum atomic E-state index is 13.9. The van der Waals surface area contributed by atoms with Crippen molar-refractivity contribution in [3.63, 3.8) is 0 Å². The van der Waals surface area contributed by atoms with E-state index in [9.17, 15) is 9.18 Å². The lowest BCUT2D eigenvalue weighted by Gasteiger charge is -2.16. The molecule has 1 fully saturated rings. The third-order valence-electron chi connectivity index (χ3n) is 3.44. The van der Waals surface area contributed by atoms with Gasteiger partial charge in [0.15, 0.2) is 5.82 Å². The average Bonchev–Trinajstić information content (AvgIpc) is 3.12. The van der Waals surface area contributed by atoms with Crippen molar-refractivity contribution >= 4 is 11.7 Å². The summed E-state index contributed by atoms with van der Waals surface area (Å²) in [7, 11) is 0. The third-order valence-corrected chi connectivity index (χ3v) is 3.44. The number of aromatic nitrogens is 4. The largest absolute Gasteiger partial charge is 0.325 e. The number of benzene rings is 1. The standard InChI is InChI=1S/C13H15FN6O/c1-9-16-17-18-20(9)12-8-10(4-5-11(12)14)15-13(21)19-6-2-3-7-19/h4-5,8H,2-3,6-7H2,1H3,(H,15,21). The zero-order chi connectivity index (χ0) is 14.8. The Morgan fingerprint density at radius 2 is 2.10 bits per heavy atom. The fraction of sp³-hybridized carbons (Fsp3) is 0.385. The van der Waals surface area contributed by atoms with Crippen LogP contribution in [0.15, 0.2) is 18.2 Å². The van der Waals surface area contributed by atoms with Crippen LogP contribution in [0.25, 0.3) is 5.69 Å². The van der Waals surface area contributed by atoms with E-state index in [1.165, 1.54) is 22.9 Å². The number of nitrogens with zero attached hydrogens (tertiary/aromatic N) is 5. The van der Waals surface area contributed by atoms with Gasteiger partial charge in [0.05, 0.1) is 0 Å². The van der Waals surface area contributed by atoms with E-state index in [4.69, 9.17) is 0 Å². The van der Waals surface area contributed by atoms with Crippen LogP contribution >= 0.6 is 0 Å². The molecule has 1 aliphatic heterocycles. The molecular formula is C13H15FN6O. The van der Waals surface area contributed by atoms with Crippen molar-refractivity contribution in [2.75, 3.05) is 18.4 Å². The van der Waals surface area contributed by atoms with Gasteiger partial charge in [-0.15, -0.1) is 5.10 Å². The van der Waals surface area contributed by atoms with Crippen molar-refractivity contribution in [1.29, 1.82) is 0 Å². The molecule has 2 amide bonds. The first-order valence-electron chi connectivity index (χ1n) is 6.76. The van der Waals surface area contributed by atoms with E-state index < -0.39 is 5.82 Å². The Hall–Kier alpha value is -2.51. The van der Waals surface area contributed by atoms with E-state index in [0.29, 0.717) is 11.5 Å². The third kappa shape index (κ3) is 2.69. The number of urea groups is 1. The number of aryl methyl sites for hydroxylation is 1. The van der Waals surface area contributed by atoms with Crippen molar-refractivity contribution in [2.45, 2.75) is 19.8 Å². The smallest absolute Gasteiger partial charge is 0.321 e. The molecule has 2 aromatic rings. The normalized spacial score (nSPS) is 14.5. The van der Waals surface area contributed by atoms with Gasteiger partial charge in [-0.25, -0.2) is 9.18 Å². The van der Waals surface area contributed by atoms with Crippen molar-refractivity contribution in [3.8, 4) is 5.69 Å². The Labute approximate surface area is 120 Å². The van der Waals surface area contributed by atoms with Crippen molar-refractivity contribution in [3.05, 3.63) is 29.8 Å². The molecule has 0 radical (unpaired) electrons. The first-order valence-corrected chi connectivity index (χ1v) is 6.76. The van der Waals surface area contributed by atoms with Gasteiger partial charge < -0.3 is 10.2 Å². The second-order valence-corrected chi connectivity index (χ2v) is 4.93. The molecule has 0 bridgehead atoms. The summed E-state index contributed by atoms with van der Waals surface area (Å²) >= 11 is 0. The van der Waals surface area contributed by atoms with Gasteiger partial charge in [-0.1, -0.05) is 0 Å². The summed E-state index contributed by atoms with van der Waals surface area (Å²) in [5, 5.41) is 13.7. The molecule has 2 heterocycles. The molecule has 1 saturated heterocycles. The Balaban J connectivity index is 1.84. The molecule has 0 spiro atoms. The number of hydrogen-bond acceptors (Lipinski definition) is 4. The lowest BCUT2D eigenvalue weighted by Crippen LogP contribution is -2.32. The fourth-order valence-electron chi connectivity index (χ4n) is 2.33. The number of amides is 2. The van der Waals surface area contributed by atoms with Crippen LogP contribution in [0.4, 0.5) is 14.9 Å². The summed E-state index contributed by atoms with van der Waals surface area (Å²) in [6.07, 6.45) is 2.04. The van der Waals surface area contributed by atoms with Gasteiger partial charge in [0, 0.05) is 18.8 Å². The van der Waals surface area contributed by atoms with Gasteiger partial charge in [0.2, 0.25) is 0 Å². The summed E-state index contributed by atoms with van der Waals surface area (Å²) < 4.78 is 15.2. The van der Waals surface area contributed by atoms with Crippen LogP contribution in [0.1, 0.15) is 18.7 Å². The summed E-state index contributed by atoms with van der Waals surface area (Å²) in [6.45, 7) is 3.19. The zero-order valence-corrected chi connectivity index (χ0v) is 11.6. The van der Waals surface area contributed by atoms with Gasteiger partial charge >= 0.3 is 6.03 Å². The van der Waals surface area contributed by atoms with Crippen LogP contribution in [0.5, 0.6) is 0 Å². The zero-order valence-electron chi connectivity index (χ0n) is 11.6. The average molecular weight is 290 g/mol. The highest BCUT2D eigenvalue weighted by Crippen LogP contribution is 2.19. The Morgan fingerprint density at radius 1 is 1.33 bits per heavy atom. The van der Waals surface area contributed by atoms with E-state index in [1.807, 2.05) is 0 Å². The van der Waals surface area contributed by atoms with Crippen molar-refractivity contribution in [2.24, 2.45) is 0 Å².